The molecule has 1 rings (SSSR count). The van der Waals surface area contributed by atoms with Crippen LogP contribution in [0.4, 0.5) is 0 Å². The molecular formula is C8H13O3PS. The topological polar surface area (TPSA) is 35.5 Å². The fourth-order valence-electron chi connectivity index (χ4n) is 0.930. The van der Waals surface area contributed by atoms with Gasteiger partial charge in [-0.15, -0.1) is 11.3 Å². The zero-order chi connectivity index (χ0) is 9.73. The molecule has 0 fully saturated rings. The average Bonchev–Trinajstić information content (AvgIpc) is 2.57. The Morgan fingerprint density at radius 3 is 2.38 bits per heavy atom. The second-order valence-electron chi connectivity index (χ2n) is 2.28. The largest absolute Gasteiger partial charge is 0.371 e. The van der Waals surface area contributed by atoms with Gasteiger partial charge in [-0.1, -0.05) is 6.07 Å². The molecule has 0 N–H and O–H groups in total. The third-order valence-electron chi connectivity index (χ3n) is 1.37. The number of thiophene rings is 1. The summed E-state index contributed by atoms with van der Waals surface area (Å²) in [4.78, 5) is 0. The lowest BCUT2D eigenvalue weighted by Gasteiger charge is -2.14. The maximum Gasteiger partial charge on any atom is 0.371 e. The van der Waals surface area contributed by atoms with Crippen LogP contribution in [0.5, 0.6) is 0 Å². The van der Waals surface area contributed by atoms with Crippen molar-refractivity contribution in [1.82, 2.24) is 0 Å². The molecule has 0 spiro atoms. The van der Waals surface area contributed by atoms with Crippen LogP contribution >= 0.6 is 18.9 Å². The molecule has 1 aromatic heterocycles. The fourth-order valence-corrected chi connectivity index (χ4v) is 3.68. The minimum absolute atomic E-state index is 0.398. The second-order valence-corrected chi connectivity index (χ2v) is 5.53. The molecule has 0 saturated heterocycles. The maximum atomic E-state index is 12.0. The molecule has 0 aliphatic carbocycles. The second kappa shape index (κ2) is 4.91. The van der Waals surface area contributed by atoms with Gasteiger partial charge in [-0.2, -0.15) is 0 Å². The van der Waals surface area contributed by atoms with Crippen LogP contribution in [0.2, 0.25) is 0 Å². The Hall–Kier alpha value is -0.150. The van der Waals surface area contributed by atoms with Crippen molar-refractivity contribution in [1.29, 1.82) is 0 Å². The summed E-state index contributed by atoms with van der Waals surface area (Å²) in [5.41, 5.74) is 0. The molecule has 13 heavy (non-hydrogen) atoms. The Kier molecular flexibility index (Phi) is 4.13. The van der Waals surface area contributed by atoms with E-state index in [1.165, 1.54) is 11.3 Å². The minimum Gasteiger partial charge on any atom is -0.305 e. The zero-order valence-corrected chi connectivity index (χ0v) is 9.44. The van der Waals surface area contributed by atoms with Gasteiger partial charge in [0.25, 0.3) is 0 Å². The van der Waals surface area contributed by atoms with E-state index in [9.17, 15) is 4.57 Å². The van der Waals surface area contributed by atoms with Crippen molar-refractivity contribution in [2.24, 2.45) is 0 Å². The highest BCUT2D eigenvalue weighted by Crippen LogP contribution is 2.47. The molecule has 74 valence electrons. The Labute approximate surface area is 82.2 Å². The van der Waals surface area contributed by atoms with Crippen LogP contribution in [0.15, 0.2) is 17.5 Å². The summed E-state index contributed by atoms with van der Waals surface area (Å²) in [5.74, 6) is 0. The first-order valence-electron chi connectivity index (χ1n) is 4.16. The molecule has 0 radical (unpaired) electrons. The van der Waals surface area contributed by atoms with Gasteiger partial charge in [-0.25, -0.2) is 0 Å². The third kappa shape index (κ3) is 2.64. The van der Waals surface area contributed by atoms with E-state index in [2.05, 4.69) is 0 Å². The Bertz CT molecular complexity index is 274. The van der Waals surface area contributed by atoms with Crippen molar-refractivity contribution >= 4 is 23.6 Å². The van der Waals surface area contributed by atoms with Gasteiger partial charge in [0.1, 0.15) is 4.62 Å². The molecule has 0 unspecified atom stereocenters. The van der Waals surface area contributed by atoms with Crippen molar-refractivity contribution in [3.63, 3.8) is 0 Å². The van der Waals surface area contributed by atoms with Gasteiger partial charge in [0.15, 0.2) is 0 Å². The van der Waals surface area contributed by atoms with Crippen LogP contribution in [0.3, 0.4) is 0 Å². The van der Waals surface area contributed by atoms with E-state index in [1.807, 2.05) is 11.4 Å². The van der Waals surface area contributed by atoms with Crippen LogP contribution in [-0.4, -0.2) is 13.2 Å². The summed E-state index contributed by atoms with van der Waals surface area (Å²) in [6, 6.07) is 3.61. The average molecular weight is 220 g/mol. The first kappa shape index (κ1) is 10.9. The molecule has 0 aliphatic heterocycles. The summed E-state index contributed by atoms with van der Waals surface area (Å²) in [7, 11) is -3.01. The van der Waals surface area contributed by atoms with Gasteiger partial charge in [0.2, 0.25) is 0 Å². The highest BCUT2D eigenvalue weighted by molar-refractivity contribution is 7.68. The molecule has 1 aromatic rings. The molecule has 0 atom stereocenters. The van der Waals surface area contributed by atoms with Gasteiger partial charge >= 0.3 is 7.60 Å². The number of hydrogen-bond donors (Lipinski definition) is 0. The smallest absolute Gasteiger partial charge is 0.305 e. The molecule has 1 heterocycles. The molecule has 0 aliphatic rings. The minimum atomic E-state index is -3.01. The summed E-state index contributed by atoms with van der Waals surface area (Å²) in [5, 5.41) is 1.86. The van der Waals surface area contributed by atoms with Crippen molar-refractivity contribution in [2.45, 2.75) is 13.8 Å². The van der Waals surface area contributed by atoms with Crippen molar-refractivity contribution in [3.8, 4) is 0 Å². The number of rotatable bonds is 5. The quantitative estimate of drug-likeness (QED) is 0.715. The van der Waals surface area contributed by atoms with E-state index in [1.54, 1.807) is 19.9 Å². The van der Waals surface area contributed by atoms with Gasteiger partial charge in [0.05, 0.1) is 13.2 Å². The third-order valence-corrected chi connectivity index (χ3v) is 4.92. The molecule has 0 amide bonds. The van der Waals surface area contributed by atoms with Crippen LogP contribution in [0.1, 0.15) is 13.8 Å². The first-order chi connectivity index (χ1) is 6.23. The van der Waals surface area contributed by atoms with Crippen LogP contribution in [0.25, 0.3) is 0 Å². The Morgan fingerprint density at radius 2 is 2.00 bits per heavy atom. The molecule has 0 bridgehead atoms. The van der Waals surface area contributed by atoms with Gasteiger partial charge in [-0.05, 0) is 25.3 Å². The zero-order valence-electron chi connectivity index (χ0n) is 7.73. The number of hydrogen-bond acceptors (Lipinski definition) is 4. The Balaban J connectivity index is 2.85. The summed E-state index contributed by atoms with van der Waals surface area (Å²) in [6.45, 7) is 4.41. The van der Waals surface area contributed by atoms with E-state index in [0.717, 1.165) is 0 Å². The van der Waals surface area contributed by atoms with Gasteiger partial charge in [-0.3, -0.25) is 4.57 Å². The Morgan fingerprint density at radius 1 is 1.38 bits per heavy atom. The predicted molar refractivity (Wildman–Crippen MR) is 54.8 cm³/mol. The lowest BCUT2D eigenvalue weighted by molar-refractivity contribution is 0.230. The lowest BCUT2D eigenvalue weighted by atomic mass is 10.7. The van der Waals surface area contributed by atoms with Crippen molar-refractivity contribution in [3.05, 3.63) is 17.5 Å². The van der Waals surface area contributed by atoms with Crippen LogP contribution in [0, 0.1) is 0 Å². The highest BCUT2D eigenvalue weighted by Gasteiger charge is 2.27. The van der Waals surface area contributed by atoms with E-state index < -0.39 is 7.60 Å². The maximum absolute atomic E-state index is 12.0. The van der Waals surface area contributed by atoms with Crippen molar-refractivity contribution in [2.75, 3.05) is 13.2 Å². The molecule has 0 saturated carbocycles. The molecule has 0 aromatic carbocycles. The SMILES string of the molecule is CCOP(=O)(OCC)c1cccs1. The molecular weight excluding hydrogens is 207 g/mol. The van der Waals surface area contributed by atoms with Crippen LogP contribution in [-0.2, 0) is 13.6 Å². The molecule has 5 heteroatoms. The van der Waals surface area contributed by atoms with Crippen LogP contribution < -0.4 is 4.62 Å². The fraction of sp³-hybridized carbons (Fsp3) is 0.500. The summed E-state index contributed by atoms with van der Waals surface area (Å²) in [6.07, 6.45) is 0. The first-order valence-corrected chi connectivity index (χ1v) is 6.58. The summed E-state index contributed by atoms with van der Waals surface area (Å²) >= 11 is 1.40. The monoisotopic (exact) mass is 220 g/mol. The van der Waals surface area contributed by atoms with Crippen molar-refractivity contribution < 1.29 is 13.6 Å². The molecule has 3 nitrogen and oxygen atoms in total. The van der Waals surface area contributed by atoms with E-state index in [4.69, 9.17) is 9.05 Å². The van der Waals surface area contributed by atoms with E-state index in [-0.39, 0.29) is 0 Å². The van der Waals surface area contributed by atoms with Gasteiger partial charge < -0.3 is 9.05 Å². The van der Waals surface area contributed by atoms with E-state index >= 15 is 0 Å². The summed E-state index contributed by atoms with van der Waals surface area (Å²) < 4.78 is 23.0. The standard InChI is InChI=1S/C8H13O3PS/c1-3-10-12(9,11-4-2)8-6-5-7-13-8/h5-7H,3-4H2,1-2H3. The highest BCUT2D eigenvalue weighted by atomic mass is 32.1. The van der Waals surface area contributed by atoms with E-state index in [0.29, 0.717) is 17.8 Å². The van der Waals surface area contributed by atoms with Gasteiger partial charge in [0, 0.05) is 0 Å². The lowest BCUT2D eigenvalue weighted by Crippen LogP contribution is -2.06. The normalized spacial score (nSPS) is 11.8. The predicted octanol–water partition coefficient (Wildman–Crippen LogP) is 2.64.